The molecule has 5 nitrogen and oxygen atoms in total. The molecule has 1 rings (SSSR count). The molecule has 0 fully saturated rings. The molecule has 1 aromatic heterocycles. The van der Waals surface area contributed by atoms with E-state index < -0.39 is 6.10 Å². The van der Waals surface area contributed by atoms with Gasteiger partial charge in [-0.05, 0) is 5.21 Å². The highest BCUT2D eigenvalue weighted by molar-refractivity contribution is 7.05. The summed E-state index contributed by atoms with van der Waals surface area (Å²) in [4.78, 5) is 0. The third-order valence-electron chi connectivity index (χ3n) is 0.822. The summed E-state index contributed by atoms with van der Waals surface area (Å²) < 4.78 is 3.46. The van der Waals surface area contributed by atoms with Crippen LogP contribution in [0.25, 0.3) is 0 Å². The van der Waals surface area contributed by atoms with Crippen molar-refractivity contribution in [1.82, 2.24) is 14.8 Å². The van der Waals surface area contributed by atoms with Gasteiger partial charge in [-0.1, -0.05) is 4.49 Å². The van der Waals surface area contributed by atoms with Gasteiger partial charge in [0.2, 0.25) is 0 Å². The van der Waals surface area contributed by atoms with E-state index in [2.05, 4.69) is 14.8 Å². The number of aliphatic hydroxyl groups excluding tert-OH is 1. The number of nitrogens with zero attached hydrogens (tertiary/aromatic N) is 3. The molecule has 0 bridgehead atoms. The smallest absolute Gasteiger partial charge is 0.167 e. The SMILES string of the molecule is NCC(O)c1nnns1. The molecule has 0 spiro atoms. The molecule has 0 saturated heterocycles. The summed E-state index contributed by atoms with van der Waals surface area (Å²) in [5, 5.41) is 16.2. The van der Waals surface area contributed by atoms with Crippen LogP contribution in [0.3, 0.4) is 0 Å². The van der Waals surface area contributed by atoms with Gasteiger partial charge in [-0.3, -0.25) is 0 Å². The third-order valence-corrected chi connectivity index (χ3v) is 1.52. The molecule has 1 atom stereocenters. The first-order chi connectivity index (χ1) is 4.34. The van der Waals surface area contributed by atoms with Gasteiger partial charge in [-0.15, -0.1) is 5.10 Å². The fourth-order valence-corrected chi connectivity index (χ4v) is 0.817. The Bertz CT molecular complexity index is 164. The molecule has 1 aromatic rings. The molecule has 0 saturated carbocycles. The second kappa shape index (κ2) is 2.81. The Morgan fingerprint density at radius 2 is 2.56 bits per heavy atom. The molecule has 0 aliphatic carbocycles. The van der Waals surface area contributed by atoms with Crippen LogP contribution in [-0.2, 0) is 0 Å². The number of nitrogens with two attached hydrogens (primary N) is 1. The highest BCUT2D eigenvalue weighted by atomic mass is 32.1. The van der Waals surface area contributed by atoms with Crippen LogP contribution >= 0.6 is 11.5 Å². The van der Waals surface area contributed by atoms with E-state index in [0.29, 0.717) is 5.01 Å². The van der Waals surface area contributed by atoms with Crippen LogP contribution in [-0.4, -0.2) is 26.5 Å². The van der Waals surface area contributed by atoms with Crippen LogP contribution < -0.4 is 5.73 Å². The molecule has 50 valence electrons. The Morgan fingerprint density at radius 1 is 1.78 bits per heavy atom. The fraction of sp³-hybridized carbons (Fsp3) is 0.667. The van der Waals surface area contributed by atoms with E-state index in [1.165, 1.54) is 0 Å². The summed E-state index contributed by atoms with van der Waals surface area (Å²) in [6, 6.07) is 0. The van der Waals surface area contributed by atoms with Gasteiger partial charge < -0.3 is 10.8 Å². The van der Waals surface area contributed by atoms with Crippen molar-refractivity contribution in [3.05, 3.63) is 5.01 Å². The van der Waals surface area contributed by atoms with Crippen LogP contribution in [0.1, 0.15) is 11.1 Å². The summed E-state index contributed by atoms with van der Waals surface area (Å²) in [6.07, 6.45) is -0.704. The lowest BCUT2D eigenvalue weighted by atomic mass is 10.4. The van der Waals surface area contributed by atoms with Gasteiger partial charge in [-0.25, -0.2) is 0 Å². The Balaban J connectivity index is 2.65. The molecule has 9 heavy (non-hydrogen) atoms. The first-order valence-electron chi connectivity index (χ1n) is 2.37. The van der Waals surface area contributed by atoms with Crippen molar-refractivity contribution in [3.8, 4) is 0 Å². The average molecular weight is 146 g/mol. The van der Waals surface area contributed by atoms with Gasteiger partial charge in [0.05, 0.1) is 0 Å². The second-order valence-corrected chi connectivity index (χ2v) is 2.22. The van der Waals surface area contributed by atoms with Gasteiger partial charge >= 0.3 is 0 Å². The molecular weight excluding hydrogens is 140 g/mol. The maximum Gasteiger partial charge on any atom is 0.167 e. The summed E-state index contributed by atoms with van der Waals surface area (Å²) >= 11 is 1.05. The highest BCUT2D eigenvalue weighted by Gasteiger charge is 2.08. The third kappa shape index (κ3) is 1.41. The molecule has 0 aliphatic rings. The van der Waals surface area contributed by atoms with Crippen molar-refractivity contribution in [2.45, 2.75) is 6.10 Å². The molecule has 0 aliphatic heterocycles. The minimum Gasteiger partial charge on any atom is -0.384 e. The average Bonchev–Trinajstić information content (AvgIpc) is 2.37. The van der Waals surface area contributed by atoms with Crippen LogP contribution in [0.4, 0.5) is 0 Å². The van der Waals surface area contributed by atoms with Gasteiger partial charge in [0.15, 0.2) is 5.01 Å². The van der Waals surface area contributed by atoms with E-state index >= 15 is 0 Å². The van der Waals surface area contributed by atoms with Gasteiger partial charge in [0, 0.05) is 18.1 Å². The van der Waals surface area contributed by atoms with Crippen LogP contribution in [0, 0.1) is 0 Å². The van der Waals surface area contributed by atoms with Crippen molar-refractivity contribution >= 4 is 11.5 Å². The summed E-state index contributed by atoms with van der Waals surface area (Å²) in [5.74, 6) is 0. The van der Waals surface area contributed by atoms with E-state index in [0.717, 1.165) is 11.5 Å². The first kappa shape index (κ1) is 6.53. The minimum absolute atomic E-state index is 0.164. The van der Waals surface area contributed by atoms with E-state index in [4.69, 9.17) is 10.8 Å². The van der Waals surface area contributed by atoms with E-state index in [1.54, 1.807) is 0 Å². The van der Waals surface area contributed by atoms with Crippen LogP contribution in [0.15, 0.2) is 0 Å². The quantitative estimate of drug-likeness (QED) is 0.554. The number of hydrogen-bond acceptors (Lipinski definition) is 6. The molecule has 3 N–H and O–H groups in total. The lowest BCUT2D eigenvalue weighted by molar-refractivity contribution is 0.185. The fourth-order valence-electron chi connectivity index (χ4n) is 0.369. The zero-order valence-electron chi connectivity index (χ0n) is 4.56. The van der Waals surface area contributed by atoms with Gasteiger partial charge in [0.1, 0.15) is 6.10 Å². The summed E-state index contributed by atoms with van der Waals surface area (Å²) in [6.45, 7) is 0.164. The van der Waals surface area contributed by atoms with Crippen LogP contribution in [0.5, 0.6) is 0 Å². The van der Waals surface area contributed by atoms with Crippen molar-refractivity contribution in [1.29, 1.82) is 0 Å². The Morgan fingerprint density at radius 3 is 3.00 bits per heavy atom. The summed E-state index contributed by atoms with van der Waals surface area (Å²) in [5.41, 5.74) is 5.12. The van der Waals surface area contributed by atoms with Crippen LogP contribution in [0.2, 0.25) is 0 Å². The lowest BCUT2D eigenvalue weighted by Gasteiger charge is -1.97. The molecule has 0 amide bonds. The largest absolute Gasteiger partial charge is 0.384 e. The van der Waals surface area contributed by atoms with Crippen molar-refractivity contribution in [2.75, 3.05) is 6.54 Å². The lowest BCUT2D eigenvalue weighted by Crippen LogP contribution is -2.10. The Labute approximate surface area is 55.7 Å². The molecule has 0 radical (unpaired) electrons. The number of aromatic nitrogens is 3. The Hall–Kier alpha value is -0.590. The zero-order chi connectivity index (χ0) is 6.69. The van der Waals surface area contributed by atoms with E-state index in [9.17, 15) is 0 Å². The predicted octanol–water partition coefficient (Wildman–Crippen LogP) is -1.07. The predicted molar refractivity (Wildman–Crippen MR) is 31.7 cm³/mol. The first-order valence-corrected chi connectivity index (χ1v) is 3.15. The second-order valence-electron chi connectivity index (χ2n) is 1.45. The molecule has 0 aromatic carbocycles. The topological polar surface area (TPSA) is 84.9 Å². The molecular formula is C3H6N4OS. The van der Waals surface area contributed by atoms with E-state index in [-0.39, 0.29) is 6.54 Å². The molecule has 1 unspecified atom stereocenters. The number of hydrogen-bond donors (Lipinski definition) is 2. The molecule has 1 heterocycles. The summed E-state index contributed by atoms with van der Waals surface area (Å²) in [7, 11) is 0. The van der Waals surface area contributed by atoms with Crippen molar-refractivity contribution in [3.63, 3.8) is 0 Å². The van der Waals surface area contributed by atoms with Crippen molar-refractivity contribution < 1.29 is 5.11 Å². The minimum atomic E-state index is -0.704. The van der Waals surface area contributed by atoms with Gasteiger partial charge in [0.25, 0.3) is 0 Å². The standard InChI is InChI=1S/C3H6N4OS/c4-1-2(8)3-5-6-7-9-3/h2,8H,1,4H2. The number of aliphatic hydroxyl groups is 1. The van der Waals surface area contributed by atoms with Gasteiger partial charge in [-0.2, -0.15) is 0 Å². The maximum atomic E-state index is 8.96. The van der Waals surface area contributed by atoms with Crippen molar-refractivity contribution in [2.24, 2.45) is 5.73 Å². The van der Waals surface area contributed by atoms with E-state index in [1.807, 2.05) is 0 Å². The Kier molecular flexibility index (Phi) is 2.04. The normalized spacial score (nSPS) is 13.6. The maximum absolute atomic E-state index is 8.96. The number of rotatable bonds is 2. The zero-order valence-corrected chi connectivity index (χ0v) is 5.38. The highest BCUT2D eigenvalue weighted by Crippen LogP contribution is 2.08. The monoisotopic (exact) mass is 146 g/mol. The molecule has 6 heteroatoms.